The molecule has 0 saturated carbocycles. The summed E-state index contributed by atoms with van der Waals surface area (Å²) in [5.74, 6) is 0. The average molecular weight is 162 g/mol. The maximum Gasteiger partial charge on any atom is 0.0683 e. The maximum absolute atomic E-state index is 7.39. The van der Waals surface area contributed by atoms with Gasteiger partial charge in [0.15, 0.2) is 0 Å². The molecule has 0 aliphatic heterocycles. The summed E-state index contributed by atoms with van der Waals surface area (Å²) in [7, 11) is 0. The zero-order valence-electron chi connectivity index (χ0n) is 6.78. The van der Waals surface area contributed by atoms with Crippen LogP contribution < -0.4 is 0 Å². The summed E-state index contributed by atoms with van der Waals surface area (Å²) in [5, 5.41) is 7.32. The van der Waals surface area contributed by atoms with Crippen molar-refractivity contribution in [1.29, 1.82) is 5.41 Å². The zero-order valence-corrected chi connectivity index (χ0v) is 7.54. The molecule has 0 aliphatic rings. The second kappa shape index (κ2) is 5.72. The van der Waals surface area contributed by atoms with E-state index in [-0.39, 0.29) is 5.38 Å². The number of hydrogen-bond donors (Lipinski definition) is 1. The Morgan fingerprint density at radius 3 is 2.50 bits per heavy atom. The molecule has 0 rings (SSSR count). The van der Waals surface area contributed by atoms with Crippen molar-refractivity contribution < 1.29 is 0 Å². The number of nitrogens with one attached hydrogen (secondary N) is 1. The molecule has 1 unspecified atom stereocenters. The zero-order chi connectivity index (χ0) is 7.98. The smallest absolute Gasteiger partial charge is 0.0683 e. The normalized spacial score (nSPS) is 13.1. The van der Waals surface area contributed by atoms with E-state index in [0.717, 1.165) is 12.8 Å². The first kappa shape index (κ1) is 9.96. The third-order valence-electron chi connectivity index (χ3n) is 1.53. The molecule has 60 valence electrons. The van der Waals surface area contributed by atoms with Crippen molar-refractivity contribution in [2.75, 3.05) is 0 Å². The molecule has 1 nitrogen and oxygen atoms in total. The van der Waals surface area contributed by atoms with E-state index >= 15 is 0 Å². The molecule has 0 radical (unpaired) electrons. The van der Waals surface area contributed by atoms with Crippen LogP contribution >= 0.6 is 11.6 Å². The summed E-state index contributed by atoms with van der Waals surface area (Å²) in [6, 6.07) is 0. The molecular weight excluding hydrogens is 146 g/mol. The molecule has 1 N–H and O–H groups in total. The summed E-state index contributed by atoms with van der Waals surface area (Å²) in [6.07, 6.45) is 4.42. The van der Waals surface area contributed by atoms with Gasteiger partial charge in [0.05, 0.1) is 5.38 Å². The minimum absolute atomic E-state index is 0.0724. The van der Waals surface area contributed by atoms with Gasteiger partial charge < -0.3 is 5.41 Å². The Bertz CT molecular complexity index is 99.4. The Balaban J connectivity index is 3.22. The highest BCUT2D eigenvalue weighted by Gasteiger charge is 2.02. The summed E-state index contributed by atoms with van der Waals surface area (Å²) in [5.41, 5.74) is 0.676. The van der Waals surface area contributed by atoms with Crippen LogP contribution in [0.5, 0.6) is 0 Å². The van der Waals surface area contributed by atoms with E-state index in [2.05, 4.69) is 6.92 Å². The average Bonchev–Trinajstić information content (AvgIpc) is 1.88. The lowest BCUT2D eigenvalue weighted by molar-refractivity contribution is 0.736. The molecular formula is C8H16ClN. The molecule has 0 bridgehead atoms. The molecule has 0 saturated heterocycles. The number of rotatable bonds is 5. The van der Waals surface area contributed by atoms with E-state index in [9.17, 15) is 0 Å². The topological polar surface area (TPSA) is 23.9 Å². The Hall–Kier alpha value is -0.0400. The third-order valence-corrected chi connectivity index (χ3v) is 1.79. The fraction of sp³-hybridized carbons (Fsp3) is 0.875. The molecule has 0 aromatic heterocycles. The lowest BCUT2D eigenvalue weighted by Gasteiger charge is -2.03. The molecule has 1 atom stereocenters. The minimum Gasteiger partial charge on any atom is -0.308 e. The van der Waals surface area contributed by atoms with Crippen LogP contribution in [-0.4, -0.2) is 11.1 Å². The number of alkyl halides is 1. The van der Waals surface area contributed by atoms with Gasteiger partial charge in [-0.1, -0.05) is 19.8 Å². The first-order chi connectivity index (χ1) is 4.68. The SMILES string of the molecule is CCCCCC(=N)C(C)Cl. The van der Waals surface area contributed by atoms with Gasteiger partial charge in [-0.05, 0) is 19.8 Å². The molecule has 10 heavy (non-hydrogen) atoms. The standard InChI is InChI=1S/C8H16ClN/c1-3-4-5-6-8(10)7(2)9/h7,10H,3-6H2,1-2H3. The molecule has 0 aromatic rings. The number of halogens is 1. The second-order valence-corrected chi connectivity index (χ2v) is 3.25. The quantitative estimate of drug-likeness (QED) is 0.364. The van der Waals surface area contributed by atoms with Crippen molar-refractivity contribution in [3.05, 3.63) is 0 Å². The summed E-state index contributed by atoms with van der Waals surface area (Å²) in [6.45, 7) is 4.02. The van der Waals surface area contributed by atoms with Gasteiger partial charge in [0.25, 0.3) is 0 Å². The van der Waals surface area contributed by atoms with Crippen LogP contribution in [0.2, 0.25) is 0 Å². The van der Waals surface area contributed by atoms with Crippen LogP contribution in [0.1, 0.15) is 39.5 Å². The van der Waals surface area contributed by atoms with Gasteiger partial charge in [0, 0.05) is 5.71 Å². The Morgan fingerprint density at radius 2 is 2.10 bits per heavy atom. The summed E-state index contributed by atoms with van der Waals surface area (Å²) < 4.78 is 0. The molecule has 0 aromatic carbocycles. The predicted molar refractivity (Wildman–Crippen MR) is 47.2 cm³/mol. The van der Waals surface area contributed by atoms with Gasteiger partial charge in [0.1, 0.15) is 0 Å². The van der Waals surface area contributed by atoms with E-state index in [1.807, 2.05) is 6.92 Å². The van der Waals surface area contributed by atoms with E-state index in [1.54, 1.807) is 0 Å². The summed E-state index contributed by atoms with van der Waals surface area (Å²) in [4.78, 5) is 0. The van der Waals surface area contributed by atoms with Crippen LogP contribution in [0.4, 0.5) is 0 Å². The molecule has 2 heteroatoms. The van der Waals surface area contributed by atoms with Crippen molar-refractivity contribution in [2.24, 2.45) is 0 Å². The van der Waals surface area contributed by atoms with Crippen molar-refractivity contribution in [2.45, 2.75) is 44.9 Å². The van der Waals surface area contributed by atoms with Crippen molar-refractivity contribution in [3.8, 4) is 0 Å². The van der Waals surface area contributed by atoms with Crippen molar-refractivity contribution in [1.82, 2.24) is 0 Å². The largest absolute Gasteiger partial charge is 0.308 e. The monoisotopic (exact) mass is 161 g/mol. The Kier molecular flexibility index (Phi) is 5.70. The van der Waals surface area contributed by atoms with Crippen LogP contribution in [0.3, 0.4) is 0 Å². The van der Waals surface area contributed by atoms with Gasteiger partial charge in [0.2, 0.25) is 0 Å². The predicted octanol–water partition coefficient (Wildman–Crippen LogP) is 3.21. The first-order valence-electron chi connectivity index (χ1n) is 3.89. The number of hydrogen-bond acceptors (Lipinski definition) is 1. The number of unbranched alkanes of at least 4 members (excludes halogenated alkanes) is 2. The lowest BCUT2D eigenvalue weighted by atomic mass is 10.1. The fourth-order valence-corrected chi connectivity index (χ4v) is 0.873. The lowest BCUT2D eigenvalue weighted by Crippen LogP contribution is -2.08. The van der Waals surface area contributed by atoms with Crippen LogP contribution in [0.25, 0.3) is 0 Å². The van der Waals surface area contributed by atoms with Crippen LogP contribution in [0.15, 0.2) is 0 Å². The van der Waals surface area contributed by atoms with Crippen molar-refractivity contribution in [3.63, 3.8) is 0 Å². The van der Waals surface area contributed by atoms with Gasteiger partial charge in [-0.25, -0.2) is 0 Å². The Morgan fingerprint density at radius 1 is 1.50 bits per heavy atom. The summed E-state index contributed by atoms with van der Waals surface area (Å²) >= 11 is 5.68. The second-order valence-electron chi connectivity index (χ2n) is 2.60. The molecule has 0 spiro atoms. The van der Waals surface area contributed by atoms with Crippen LogP contribution in [0, 0.1) is 5.41 Å². The minimum atomic E-state index is -0.0724. The third kappa shape index (κ3) is 4.80. The van der Waals surface area contributed by atoms with Crippen molar-refractivity contribution >= 4 is 17.3 Å². The first-order valence-corrected chi connectivity index (χ1v) is 4.33. The fourth-order valence-electron chi connectivity index (χ4n) is 0.764. The van der Waals surface area contributed by atoms with E-state index in [0.29, 0.717) is 5.71 Å². The van der Waals surface area contributed by atoms with E-state index < -0.39 is 0 Å². The highest BCUT2D eigenvalue weighted by atomic mass is 35.5. The van der Waals surface area contributed by atoms with Gasteiger partial charge in [-0.15, -0.1) is 11.6 Å². The van der Waals surface area contributed by atoms with E-state index in [4.69, 9.17) is 17.0 Å². The molecule has 0 aliphatic carbocycles. The van der Waals surface area contributed by atoms with Crippen LogP contribution in [-0.2, 0) is 0 Å². The molecule has 0 amide bonds. The molecule has 0 fully saturated rings. The van der Waals surface area contributed by atoms with Gasteiger partial charge in [-0.3, -0.25) is 0 Å². The Labute approximate surface area is 68.3 Å². The van der Waals surface area contributed by atoms with E-state index in [1.165, 1.54) is 12.8 Å². The highest BCUT2D eigenvalue weighted by molar-refractivity contribution is 6.31. The molecule has 0 heterocycles. The maximum atomic E-state index is 7.39. The highest BCUT2D eigenvalue weighted by Crippen LogP contribution is 2.05. The van der Waals surface area contributed by atoms with Gasteiger partial charge >= 0.3 is 0 Å². The van der Waals surface area contributed by atoms with Gasteiger partial charge in [-0.2, -0.15) is 0 Å².